The van der Waals surface area contributed by atoms with Gasteiger partial charge in [-0.25, -0.2) is 4.98 Å². The average Bonchev–Trinajstić information content (AvgIpc) is 2.73. The minimum Gasteiger partial charge on any atom is -0.497 e. The van der Waals surface area contributed by atoms with Gasteiger partial charge >= 0.3 is 0 Å². The lowest BCUT2D eigenvalue weighted by atomic mass is 9.85. The van der Waals surface area contributed by atoms with Crippen molar-refractivity contribution in [3.63, 3.8) is 0 Å². The molecule has 0 fully saturated rings. The molecule has 0 aliphatic carbocycles. The van der Waals surface area contributed by atoms with Gasteiger partial charge in [-0.3, -0.25) is 10.3 Å². The van der Waals surface area contributed by atoms with Crippen molar-refractivity contribution in [2.45, 2.75) is 18.5 Å². The third-order valence-corrected chi connectivity index (χ3v) is 4.86. The molecule has 0 saturated carbocycles. The van der Waals surface area contributed by atoms with Crippen LogP contribution in [0.5, 0.6) is 11.6 Å². The molecule has 0 radical (unpaired) electrons. The fourth-order valence-corrected chi connectivity index (χ4v) is 3.61. The minimum absolute atomic E-state index is 0.0718. The van der Waals surface area contributed by atoms with E-state index in [1.54, 1.807) is 20.4 Å². The van der Waals surface area contributed by atoms with Crippen molar-refractivity contribution in [3.8, 4) is 11.6 Å². The summed E-state index contributed by atoms with van der Waals surface area (Å²) in [4.78, 5) is 8.51. The molecule has 2 atom stereocenters. The van der Waals surface area contributed by atoms with Gasteiger partial charge in [0.2, 0.25) is 5.88 Å². The highest BCUT2D eigenvalue weighted by atomic mass is 16.5. The Morgan fingerprint density at radius 3 is 2.58 bits per heavy atom. The summed E-state index contributed by atoms with van der Waals surface area (Å²) >= 11 is 0. The highest BCUT2D eigenvalue weighted by Gasteiger charge is 2.30. The summed E-state index contributed by atoms with van der Waals surface area (Å²) in [6.07, 6.45) is 6.25. The molecule has 26 heavy (non-hydrogen) atoms. The van der Waals surface area contributed by atoms with Gasteiger partial charge in [-0.1, -0.05) is 12.1 Å². The lowest BCUT2D eigenvalue weighted by molar-refractivity contribution is 0.371. The fourth-order valence-electron chi connectivity index (χ4n) is 3.61. The predicted molar refractivity (Wildman–Crippen MR) is 99.4 cm³/mol. The van der Waals surface area contributed by atoms with Crippen LogP contribution in [-0.4, -0.2) is 24.2 Å². The maximum Gasteiger partial charge on any atom is 0.217 e. The largest absolute Gasteiger partial charge is 0.497 e. The number of fused-ring (bicyclic) bond motifs is 1. The van der Waals surface area contributed by atoms with Crippen molar-refractivity contribution in [2.75, 3.05) is 14.2 Å². The maximum absolute atomic E-state index is 5.49. The smallest absolute Gasteiger partial charge is 0.217 e. The van der Waals surface area contributed by atoms with Crippen LogP contribution in [0.25, 0.3) is 0 Å². The molecule has 3 heterocycles. The molecule has 0 amide bonds. The first kappa shape index (κ1) is 16.5. The van der Waals surface area contributed by atoms with Gasteiger partial charge in [-0.15, -0.1) is 0 Å². The molecule has 0 spiro atoms. The molecule has 5 nitrogen and oxygen atoms in total. The zero-order chi connectivity index (χ0) is 17.9. The summed E-state index contributed by atoms with van der Waals surface area (Å²) in [5.74, 6) is 1.53. The van der Waals surface area contributed by atoms with Crippen molar-refractivity contribution in [3.05, 3.63) is 83.3 Å². The Hall–Kier alpha value is -2.92. The van der Waals surface area contributed by atoms with Crippen LogP contribution in [0.2, 0.25) is 0 Å². The monoisotopic (exact) mass is 347 g/mol. The lowest BCUT2D eigenvalue weighted by Crippen LogP contribution is -2.34. The molecule has 132 valence electrons. The van der Waals surface area contributed by atoms with Crippen LogP contribution < -0.4 is 14.8 Å². The maximum atomic E-state index is 5.49. The summed E-state index contributed by atoms with van der Waals surface area (Å²) in [6.45, 7) is 0. The molecule has 0 unspecified atom stereocenters. The molecule has 3 aromatic rings. The van der Waals surface area contributed by atoms with Crippen LogP contribution >= 0.6 is 0 Å². The number of nitrogens with zero attached hydrogens (tertiary/aromatic N) is 2. The normalized spacial score (nSPS) is 18.8. The Morgan fingerprint density at radius 2 is 1.81 bits per heavy atom. The van der Waals surface area contributed by atoms with Gasteiger partial charge < -0.3 is 9.47 Å². The number of pyridine rings is 2. The molecule has 5 heteroatoms. The van der Waals surface area contributed by atoms with Crippen molar-refractivity contribution >= 4 is 0 Å². The van der Waals surface area contributed by atoms with E-state index in [0.29, 0.717) is 5.88 Å². The second-order valence-corrected chi connectivity index (χ2v) is 6.30. The Morgan fingerprint density at radius 1 is 0.962 bits per heavy atom. The number of benzene rings is 1. The van der Waals surface area contributed by atoms with Crippen molar-refractivity contribution in [1.29, 1.82) is 0 Å². The SMILES string of the molecule is COc1ccc2c(c1)C[C@@H](c1cccnc1OC)N[C@H]2c1ccncc1. The van der Waals surface area contributed by atoms with E-state index in [2.05, 4.69) is 45.6 Å². The van der Waals surface area contributed by atoms with E-state index in [1.165, 1.54) is 16.7 Å². The summed E-state index contributed by atoms with van der Waals surface area (Å²) in [5.41, 5.74) is 4.76. The van der Waals surface area contributed by atoms with Crippen LogP contribution in [0.15, 0.2) is 61.1 Å². The fraction of sp³-hybridized carbons (Fsp3) is 0.238. The number of rotatable bonds is 4. The van der Waals surface area contributed by atoms with Gasteiger partial charge in [0.25, 0.3) is 0 Å². The van der Waals surface area contributed by atoms with Gasteiger partial charge in [0.05, 0.1) is 20.3 Å². The number of ether oxygens (including phenoxy) is 2. The molecule has 1 aliphatic heterocycles. The first-order chi connectivity index (χ1) is 12.8. The molecule has 1 aromatic carbocycles. The molecule has 0 bridgehead atoms. The van der Waals surface area contributed by atoms with E-state index >= 15 is 0 Å². The molecule has 1 N–H and O–H groups in total. The number of methoxy groups -OCH3 is 2. The van der Waals surface area contributed by atoms with E-state index < -0.39 is 0 Å². The number of hydrogen-bond acceptors (Lipinski definition) is 5. The quantitative estimate of drug-likeness (QED) is 0.783. The van der Waals surface area contributed by atoms with Crippen LogP contribution in [0.1, 0.15) is 34.3 Å². The van der Waals surface area contributed by atoms with Gasteiger partial charge in [0.15, 0.2) is 0 Å². The molecular formula is C21H21N3O2. The highest BCUT2D eigenvalue weighted by Crippen LogP contribution is 2.38. The van der Waals surface area contributed by atoms with Gasteiger partial charge in [-0.2, -0.15) is 0 Å². The van der Waals surface area contributed by atoms with Crippen molar-refractivity contribution in [2.24, 2.45) is 0 Å². The minimum atomic E-state index is 0.0718. The lowest BCUT2D eigenvalue weighted by Gasteiger charge is -2.34. The summed E-state index contributed by atoms with van der Waals surface area (Å²) < 4.78 is 10.9. The second-order valence-electron chi connectivity index (χ2n) is 6.30. The molecular weight excluding hydrogens is 326 g/mol. The average molecular weight is 347 g/mol. The van der Waals surface area contributed by atoms with E-state index in [4.69, 9.17) is 9.47 Å². The summed E-state index contributed by atoms with van der Waals surface area (Å²) in [6, 6.07) is 14.6. The van der Waals surface area contributed by atoms with E-state index in [9.17, 15) is 0 Å². The summed E-state index contributed by atoms with van der Waals surface area (Å²) in [5, 5.41) is 3.77. The number of nitrogens with one attached hydrogen (secondary N) is 1. The topological polar surface area (TPSA) is 56.3 Å². The Bertz CT molecular complexity index is 899. The highest BCUT2D eigenvalue weighted by molar-refractivity contribution is 5.46. The molecule has 4 rings (SSSR count). The van der Waals surface area contributed by atoms with Gasteiger partial charge in [-0.05, 0) is 53.4 Å². The second kappa shape index (κ2) is 7.14. The molecule has 1 aliphatic rings. The zero-order valence-corrected chi connectivity index (χ0v) is 14.8. The Kier molecular flexibility index (Phi) is 4.54. The Labute approximate surface area is 153 Å². The third kappa shape index (κ3) is 3.02. The first-order valence-corrected chi connectivity index (χ1v) is 8.62. The zero-order valence-electron chi connectivity index (χ0n) is 14.8. The van der Waals surface area contributed by atoms with Crippen molar-refractivity contribution < 1.29 is 9.47 Å². The van der Waals surface area contributed by atoms with Crippen molar-refractivity contribution in [1.82, 2.24) is 15.3 Å². The van der Waals surface area contributed by atoms with Crippen LogP contribution in [-0.2, 0) is 6.42 Å². The van der Waals surface area contributed by atoms with Gasteiger partial charge in [0.1, 0.15) is 5.75 Å². The third-order valence-electron chi connectivity index (χ3n) is 4.86. The first-order valence-electron chi connectivity index (χ1n) is 8.62. The van der Waals surface area contributed by atoms with E-state index in [-0.39, 0.29) is 12.1 Å². The molecule has 0 saturated heterocycles. The summed E-state index contributed by atoms with van der Waals surface area (Å²) in [7, 11) is 3.36. The predicted octanol–water partition coefficient (Wildman–Crippen LogP) is 3.47. The molecule has 2 aromatic heterocycles. The van der Waals surface area contributed by atoms with Crippen LogP contribution in [0.4, 0.5) is 0 Å². The Balaban J connectivity index is 1.80. The van der Waals surface area contributed by atoms with E-state index in [1.807, 2.05) is 24.5 Å². The number of hydrogen-bond donors (Lipinski definition) is 1. The van der Waals surface area contributed by atoms with Gasteiger partial charge in [0, 0.05) is 30.2 Å². The number of aromatic nitrogens is 2. The standard InChI is InChI=1S/C21H21N3O2/c1-25-16-5-6-17-15(12-16)13-19(18-4-3-9-23-21(18)26-2)24-20(17)14-7-10-22-11-8-14/h3-12,19-20,24H,13H2,1-2H3/t19-,20-/m0/s1. The van der Waals surface area contributed by atoms with Crippen LogP contribution in [0.3, 0.4) is 0 Å². The van der Waals surface area contributed by atoms with E-state index in [0.717, 1.165) is 17.7 Å². The van der Waals surface area contributed by atoms with Crippen LogP contribution in [0, 0.1) is 0 Å².